The molecule has 1 saturated heterocycles. The Labute approximate surface area is 246 Å². The third kappa shape index (κ3) is 5.70. The Morgan fingerprint density at radius 3 is 2.64 bits per heavy atom. The van der Waals surface area contributed by atoms with Gasteiger partial charge in [0.25, 0.3) is 0 Å². The first kappa shape index (κ1) is 29.8. The summed E-state index contributed by atoms with van der Waals surface area (Å²) in [7, 11) is 1.58. The van der Waals surface area contributed by atoms with Gasteiger partial charge < -0.3 is 29.5 Å². The molecule has 2 aromatic rings. The van der Waals surface area contributed by atoms with E-state index in [0.717, 1.165) is 25.7 Å². The molecule has 0 spiro atoms. The van der Waals surface area contributed by atoms with Gasteiger partial charge in [0.2, 0.25) is 11.8 Å². The molecule has 11 nitrogen and oxygen atoms in total. The fourth-order valence-electron chi connectivity index (χ4n) is 6.46. The number of carboxylic acids is 1. The Hall–Kier alpha value is -3.63. The summed E-state index contributed by atoms with van der Waals surface area (Å²) in [6.07, 6.45) is 3.45. The van der Waals surface area contributed by atoms with Gasteiger partial charge in [-0.05, 0) is 49.7 Å². The summed E-state index contributed by atoms with van der Waals surface area (Å²) >= 11 is 0. The summed E-state index contributed by atoms with van der Waals surface area (Å²) in [5.74, 6) is -0.943. The van der Waals surface area contributed by atoms with Gasteiger partial charge >= 0.3 is 12.1 Å². The fourth-order valence-corrected chi connectivity index (χ4v) is 6.46. The molecular formula is C31H42N4O7. The van der Waals surface area contributed by atoms with Gasteiger partial charge in [0, 0.05) is 17.9 Å². The quantitative estimate of drug-likeness (QED) is 0.540. The van der Waals surface area contributed by atoms with Gasteiger partial charge in [0.05, 0.1) is 24.7 Å². The molecule has 1 aliphatic carbocycles. The second-order valence-corrected chi connectivity index (χ2v) is 13.0. The molecule has 1 saturated carbocycles. The first-order valence-electron chi connectivity index (χ1n) is 14.9. The van der Waals surface area contributed by atoms with E-state index in [1.807, 2.05) is 39.8 Å². The molecule has 1 aromatic carbocycles. The number of methoxy groups -OCH3 is 1. The summed E-state index contributed by atoms with van der Waals surface area (Å²) in [4.78, 5) is 50.7. The van der Waals surface area contributed by atoms with Crippen molar-refractivity contribution >= 4 is 29.0 Å². The number of carboxylic acid groups (broad SMARTS) is 1. The Morgan fingerprint density at radius 1 is 1.21 bits per heavy atom. The molecule has 2 amide bonds. The zero-order chi connectivity index (χ0) is 30.4. The first-order chi connectivity index (χ1) is 19.9. The highest BCUT2D eigenvalue weighted by Crippen LogP contribution is 2.52. The monoisotopic (exact) mass is 582 g/mol. The van der Waals surface area contributed by atoms with Crippen molar-refractivity contribution in [1.82, 2.24) is 20.2 Å². The van der Waals surface area contributed by atoms with Crippen LogP contribution in [0.25, 0.3) is 11.0 Å². The number of hydrogen-bond donors (Lipinski definition) is 2. The molecule has 2 N–H and O–H groups in total. The lowest BCUT2D eigenvalue weighted by molar-refractivity contribution is -0.151. The normalized spacial score (nSPS) is 30.3. The fraction of sp³-hybridized carbons (Fsp3) is 0.645. The maximum absolute atomic E-state index is 14.0. The maximum atomic E-state index is 14.0. The second-order valence-electron chi connectivity index (χ2n) is 13.0. The SMILES string of the molecule is CC[C@]12CC1CCCCc1nc3ccc(OC)cc3nc1O[C@H]1CN(C(=O)[C@H](C(C)(C)C)NC(=O)O2)[C@H](C(=O)O)[C@@H]1C. The predicted octanol–water partition coefficient (Wildman–Crippen LogP) is 4.35. The van der Waals surface area contributed by atoms with E-state index >= 15 is 0 Å². The van der Waals surface area contributed by atoms with Gasteiger partial charge in [-0.3, -0.25) is 4.79 Å². The molecule has 5 rings (SSSR count). The smallest absolute Gasteiger partial charge is 0.408 e. The second kappa shape index (κ2) is 11.2. The largest absolute Gasteiger partial charge is 0.497 e. The molecular weight excluding hydrogens is 540 g/mol. The van der Waals surface area contributed by atoms with Crippen LogP contribution in [0, 0.1) is 17.3 Å². The molecule has 2 aliphatic heterocycles. The number of rotatable bonds is 3. The number of carbonyl (C=O) groups is 3. The minimum absolute atomic E-state index is 0.0263. The Balaban J connectivity index is 1.54. The molecule has 42 heavy (non-hydrogen) atoms. The Kier molecular flexibility index (Phi) is 7.98. The van der Waals surface area contributed by atoms with Crippen LogP contribution in [0.3, 0.4) is 0 Å². The van der Waals surface area contributed by atoms with E-state index in [2.05, 4.69) is 5.32 Å². The van der Waals surface area contributed by atoms with Gasteiger partial charge in [-0.15, -0.1) is 0 Å². The minimum Gasteiger partial charge on any atom is -0.497 e. The first-order valence-corrected chi connectivity index (χ1v) is 14.9. The predicted molar refractivity (Wildman–Crippen MR) is 154 cm³/mol. The molecule has 6 atom stereocenters. The molecule has 0 radical (unpaired) electrons. The van der Waals surface area contributed by atoms with Crippen molar-refractivity contribution in [3.63, 3.8) is 0 Å². The van der Waals surface area contributed by atoms with E-state index in [1.54, 1.807) is 20.1 Å². The van der Waals surface area contributed by atoms with Crippen LogP contribution >= 0.6 is 0 Å². The van der Waals surface area contributed by atoms with Crippen LogP contribution in [0.4, 0.5) is 4.79 Å². The number of alkyl carbamates (subject to hydrolysis) is 1. The average Bonchev–Trinajstić information content (AvgIpc) is 3.51. The summed E-state index contributed by atoms with van der Waals surface area (Å²) < 4.78 is 17.8. The van der Waals surface area contributed by atoms with Crippen molar-refractivity contribution in [3.8, 4) is 11.6 Å². The number of ether oxygens (including phenoxy) is 3. The van der Waals surface area contributed by atoms with Crippen molar-refractivity contribution in [2.75, 3.05) is 13.7 Å². The van der Waals surface area contributed by atoms with Crippen LogP contribution in [-0.4, -0.2) is 75.4 Å². The van der Waals surface area contributed by atoms with Gasteiger partial charge in [0.15, 0.2) is 0 Å². The van der Waals surface area contributed by atoms with Crippen molar-refractivity contribution in [2.24, 2.45) is 17.3 Å². The highest BCUT2D eigenvalue weighted by molar-refractivity contribution is 5.90. The lowest BCUT2D eigenvalue weighted by Crippen LogP contribution is -2.57. The summed E-state index contributed by atoms with van der Waals surface area (Å²) in [5, 5.41) is 13.0. The average molecular weight is 583 g/mol. The van der Waals surface area contributed by atoms with E-state index < -0.39 is 53.1 Å². The van der Waals surface area contributed by atoms with Gasteiger partial charge in [-0.2, -0.15) is 0 Å². The molecule has 3 aliphatic rings. The number of aliphatic carboxylic acids is 1. The molecule has 1 aromatic heterocycles. The summed E-state index contributed by atoms with van der Waals surface area (Å²) in [5.41, 5.74) is 0.755. The van der Waals surface area contributed by atoms with Crippen LogP contribution in [0.1, 0.15) is 72.4 Å². The van der Waals surface area contributed by atoms with Gasteiger partial charge in [-0.1, -0.05) is 41.0 Å². The molecule has 2 bridgehead atoms. The van der Waals surface area contributed by atoms with Gasteiger partial charge in [0.1, 0.15) is 35.2 Å². The number of aryl methyl sites for hydroxylation is 1. The number of nitrogens with one attached hydrogen (secondary N) is 1. The van der Waals surface area contributed by atoms with Crippen molar-refractivity contribution in [3.05, 3.63) is 23.9 Å². The molecule has 11 heteroatoms. The van der Waals surface area contributed by atoms with E-state index in [0.29, 0.717) is 41.2 Å². The Morgan fingerprint density at radius 2 is 1.98 bits per heavy atom. The van der Waals surface area contributed by atoms with Crippen LogP contribution in [0.5, 0.6) is 11.6 Å². The van der Waals surface area contributed by atoms with E-state index in [4.69, 9.17) is 24.2 Å². The summed E-state index contributed by atoms with van der Waals surface area (Å²) in [6.45, 7) is 9.30. The van der Waals surface area contributed by atoms with Crippen LogP contribution < -0.4 is 14.8 Å². The third-order valence-corrected chi connectivity index (χ3v) is 9.16. The maximum Gasteiger partial charge on any atom is 0.408 e. The lowest BCUT2D eigenvalue weighted by atomic mass is 9.85. The molecule has 3 heterocycles. The van der Waals surface area contributed by atoms with E-state index in [-0.39, 0.29) is 12.5 Å². The summed E-state index contributed by atoms with van der Waals surface area (Å²) in [6, 6.07) is 3.34. The van der Waals surface area contributed by atoms with Crippen molar-refractivity contribution in [1.29, 1.82) is 0 Å². The molecule has 228 valence electrons. The Bertz CT molecular complexity index is 1380. The number of fused-ring (bicyclic) bond motifs is 5. The van der Waals surface area contributed by atoms with E-state index in [9.17, 15) is 19.5 Å². The molecule has 1 unspecified atom stereocenters. The highest BCUT2D eigenvalue weighted by atomic mass is 16.6. The number of aromatic nitrogens is 2. The standard InChI is InChI=1S/C31H42N4O7/c1-7-31-15-18(31)10-8-9-11-21-26(33-22-14-19(40-6)12-13-20(22)32-21)41-23-16-35(24(17(23)2)28(37)38)27(36)25(30(3,4)5)34-29(39)42-31/h12-14,17-18,23-25H,7-11,15-16H2,1-6H3,(H,34,39)(H,37,38)/t17-,18?,23+,24+,25-,31+/m1/s1. The highest BCUT2D eigenvalue weighted by Gasteiger charge is 2.56. The van der Waals surface area contributed by atoms with E-state index in [1.165, 1.54) is 4.90 Å². The topological polar surface area (TPSA) is 140 Å². The van der Waals surface area contributed by atoms with Gasteiger partial charge in [-0.25, -0.2) is 19.6 Å². The number of hydrogen-bond acceptors (Lipinski definition) is 8. The molecule has 2 fully saturated rings. The van der Waals surface area contributed by atoms with Crippen LogP contribution in [-0.2, 0) is 20.7 Å². The van der Waals surface area contributed by atoms with Crippen molar-refractivity contribution < 1.29 is 33.7 Å². The number of nitrogens with zero attached hydrogens (tertiary/aromatic N) is 3. The number of benzene rings is 1. The lowest BCUT2D eigenvalue weighted by Gasteiger charge is -2.35. The third-order valence-electron chi connectivity index (χ3n) is 9.16. The van der Waals surface area contributed by atoms with Crippen LogP contribution in [0.15, 0.2) is 18.2 Å². The minimum atomic E-state index is -1.14. The number of carbonyl (C=O) groups excluding carboxylic acids is 2. The zero-order valence-corrected chi connectivity index (χ0v) is 25.3. The number of amides is 2. The van der Waals surface area contributed by atoms with Crippen LogP contribution in [0.2, 0.25) is 0 Å². The van der Waals surface area contributed by atoms with Crippen molar-refractivity contribution in [2.45, 2.75) is 96.9 Å². The zero-order valence-electron chi connectivity index (χ0n) is 25.3.